The maximum Gasteiger partial charge on any atom is 0.565 e. The molecule has 0 atom stereocenters. The van der Waals surface area contributed by atoms with Crippen molar-refractivity contribution in [1.29, 1.82) is 0 Å². The summed E-state index contributed by atoms with van der Waals surface area (Å²) in [5.41, 5.74) is 0. The molecule has 0 radical (unpaired) electrons. The van der Waals surface area contributed by atoms with Gasteiger partial charge in [0.25, 0.3) is 0 Å². The SMILES string of the molecule is C=C(C)O[Si](CC)(OC(C)C)OC(C)C. The Bertz CT molecular complexity index is 192. The molecule has 15 heavy (non-hydrogen) atoms. The maximum atomic E-state index is 5.84. The van der Waals surface area contributed by atoms with E-state index in [0.717, 1.165) is 6.04 Å². The molecule has 0 fully saturated rings. The molecule has 0 aromatic carbocycles. The minimum atomic E-state index is -2.56. The molecule has 90 valence electrons. The second-order valence-corrected chi connectivity index (χ2v) is 6.92. The molecule has 0 unspecified atom stereocenters. The zero-order chi connectivity index (χ0) is 12.1. The minimum absolute atomic E-state index is 0.106. The summed E-state index contributed by atoms with van der Waals surface area (Å²) in [4.78, 5) is 0. The maximum absolute atomic E-state index is 5.84. The van der Waals surface area contributed by atoms with Crippen molar-refractivity contribution in [1.82, 2.24) is 0 Å². The first-order valence-corrected chi connectivity index (χ1v) is 7.44. The molecule has 0 spiro atoms. The van der Waals surface area contributed by atoms with E-state index < -0.39 is 8.80 Å². The molecule has 0 saturated carbocycles. The standard InChI is InChI=1S/C11H24O3Si/c1-8-15(12-9(2)3,13-10(4)5)14-11(6)7/h10-11H,2,8H2,1,3-7H3. The van der Waals surface area contributed by atoms with Crippen LogP contribution in [-0.4, -0.2) is 21.0 Å². The topological polar surface area (TPSA) is 27.7 Å². The van der Waals surface area contributed by atoms with Gasteiger partial charge in [-0.2, -0.15) is 0 Å². The third kappa shape index (κ3) is 5.97. The molecule has 0 aromatic heterocycles. The Labute approximate surface area is 94.8 Å². The van der Waals surface area contributed by atoms with E-state index in [-0.39, 0.29) is 12.2 Å². The summed E-state index contributed by atoms with van der Waals surface area (Å²) in [7, 11) is -2.56. The normalized spacial score (nSPS) is 12.3. The fraction of sp³-hybridized carbons (Fsp3) is 0.818. The molecule has 0 aliphatic carbocycles. The first-order valence-electron chi connectivity index (χ1n) is 5.51. The molecule has 0 aromatic rings. The van der Waals surface area contributed by atoms with E-state index in [1.54, 1.807) is 0 Å². The Kier molecular flexibility index (Phi) is 6.17. The van der Waals surface area contributed by atoms with Crippen molar-refractivity contribution in [3.8, 4) is 0 Å². The van der Waals surface area contributed by atoms with Crippen LogP contribution in [0.3, 0.4) is 0 Å². The van der Waals surface area contributed by atoms with Crippen LogP contribution in [0.5, 0.6) is 0 Å². The molecular weight excluding hydrogens is 208 g/mol. The molecule has 0 heterocycles. The predicted molar refractivity (Wildman–Crippen MR) is 64.6 cm³/mol. The van der Waals surface area contributed by atoms with Gasteiger partial charge in [0.15, 0.2) is 0 Å². The molecule has 0 N–H and O–H groups in total. The van der Waals surface area contributed by atoms with Crippen LogP contribution in [0.15, 0.2) is 12.3 Å². The average Bonchev–Trinajstić information content (AvgIpc) is 1.99. The summed E-state index contributed by atoms with van der Waals surface area (Å²) in [5, 5.41) is 0. The second kappa shape index (κ2) is 6.30. The molecule has 0 bridgehead atoms. The molecule has 0 saturated heterocycles. The molecule has 0 amide bonds. The van der Waals surface area contributed by atoms with Crippen LogP contribution in [0.2, 0.25) is 6.04 Å². The lowest BCUT2D eigenvalue weighted by Crippen LogP contribution is -2.48. The summed E-state index contributed by atoms with van der Waals surface area (Å²) in [5.74, 6) is 0.657. The van der Waals surface area contributed by atoms with E-state index in [1.165, 1.54) is 0 Å². The molecular formula is C11H24O3Si. The zero-order valence-electron chi connectivity index (χ0n) is 10.8. The monoisotopic (exact) mass is 232 g/mol. The largest absolute Gasteiger partial charge is 0.565 e. The van der Waals surface area contributed by atoms with Crippen molar-refractivity contribution in [3.63, 3.8) is 0 Å². The second-order valence-electron chi connectivity index (χ2n) is 4.17. The van der Waals surface area contributed by atoms with Gasteiger partial charge in [-0.05, 0) is 34.6 Å². The van der Waals surface area contributed by atoms with Crippen LogP contribution in [0.4, 0.5) is 0 Å². The van der Waals surface area contributed by atoms with Crippen molar-refractivity contribution in [3.05, 3.63) is 12.3 Å². The number of hydrogen-bond acceptors (Lipinski definition) is 3. The lowest BCUT2D eigenvalue weighted by Gasteiger charge is -2.32. The third-order valence-electron chi connectivity index (χ3n) is 1.59. The summed E-state index contributed by atoms with van der Waals surface area (Å²) < 4.78 is 17.4. The Morgan fingerprint density at radius 2 is 1.53 bits per heavy atom. The van der Waals surface area contributed by atoms with Crippen molar-refractivity contribution in [2.24, 2.45) is 0 Å². The molecule has 0 rings (SSSR count). The fourth-order valence-corrected chi connectivity index (χ4v) is 3.90. The highest BCUT2D eigenvalue weighted by Crippen LogP contribution is 2.21. The first-order chi connectivity index (χ1) is 6.81. The van der Waals surface area contributed by atoms with Gasteiger partial charge in [0.2, 0.25) is 0 Å². The van der Waals surface area contributed by atoms with Gasteiger partial charge in [-0.1, -0.05) is 13.5 Å². The number of rotatable bonds is 7. The molecule has 3 nitrogen and oxygen atoms in total. The average molecular weight is 232 g/mol. The van der Waals surface area contributed by atoms with Gasteiger partial charge in [-0.3, -0.25) is 0 Å². The van der Waals surface area contributed by atoms with Gasteiger partial charge < -0.3 is 13.3 Å². The van der Waals surface area contributed by atoms with Crippen LogP contribution in [0, 0.1) is 0 Å². The van der Waals surface area contributed by atoms with E-state index in [0.29, 0.717) is 5.76 Å². The Balaban J connectivity index is 4.66. The molecule has 0 aliphatic rings. The van der Waals surface area contributed by atoms with Crippen LogP contribution in [0.1, 0.15) is 41.5 Å². The van der Waals surface area contributed by atoms with Gasteiger partial charge >= 0.3 is 8.80 Å². The van der Waals surface area contributed by atoms with Gasteiger partial charge in [0.1, 0.15) is 0 Å². The Hall–Kier alpha value is -0.323. The summed E-state index contributed by atoms with van der Waals surface area (Å²) in [6, 6.07) is 0.760. The highest BCUT2D eigenvalue weighted by molar-refractivity contribution is 6.61. The number of allylic oxidation sites excluding steroid dienone is 1. The molecule has 0 aliphatic heterocycles. The Morgan fingerprint density at radius 3 is 1.73 bits per heavy atom. The summed E-state index contributed by atoms with van der Waals surface area (Å²) in [6.45, 7) is 15.6. The Morgan fingerprint density at radius 1 is 1.13 bits per heavy atom. The van der Waals surface area contributed by atoms with E-state index >= 15 is 0 Å². The van der Waals surface area contributed by atoms with Gasteiger partial charge in [-0.25, -0.2) is 0 Å². The molecule has 4 heteroatoms. The van der Waals surface area contributed by atoms with Crippen molar-refractivity contribution in [2.75, 3.05) is 0 Å². The fourth-order valence-electron chi connectivity index (χ4n) is 1.30. The van der Waals surface area contributed by atoms with Crippen LogP contribution >= 0.6 is 0 Å². The van der Waals surface area contributed by atoms with Crippen LogP contribution < -0.4 is 0 Å². The van der Waals surface area contributed by atoms with Gasteiger partial charge in [0.05, 0.1) is 5.76 Å². The zero-order valence-corrected chi connectivity index (χ0v) is 11.8. The minimum Gasteiger partial charge on any atom is -0.505 e. The highest BCUT2D eigenvalue weighted by Gasteiger charge is 2.43. The van der Waals surface area contributed by atoms with Crippen LogP contribution in [0.25, 0.3) is 0 Å². The van der Waals surface area contributed by atoms with Crippen molar-refractivity contribution >= 4 is 8.80 Å². The predicted octanol–water partition coefficient (Wildman–Crippen LogP) is 3.35. The van der Waals surface area contributed by atoms with Crippen molar-refractivity contribution in [2.45, 2.75) is 59.8 Å². The number of hydrogen-bond donors (Lipinski definition) is 0. The van der Waals surface area contributed by atoms with E-state index in [2.05, 4.69) is 6.58 Å². The van der Waals surface area contributed by atoms with E-state index in [4.69, 9.17) is 13.3 Å². The summed E-state index contributed by atoms with van der Waals surface area (Å²) >= 11 is 0. The smallest absolute Gasteiger partial charge is 0.505 e. The lowest BCUT2D eigenvalue weighted by atomic mass is 10.5. The van der Waals surface area contributed by atoms with Crippen LogP contribution in [-0.2, 0) is 13.3 Å². The first kappa shape index (κ1) is 14.7. The third-order valence-corrected chi connectivity index (χ3v) is 4.78. The van der Waals surface area contributed by atoms with Gasteiger partial charge in [0, 0.05) is 18.3 Å². The highest BCUT2D eigenvalue weighted by atomic mass is 28.4. The summed E-state index contributed by atoms with van der Waals surface area (Å²) in [6.07, 6.45) is 0.212. The van der Waals surface area contributed by atoms with Gasteiger partial charge in [-0.15, -0.1) is 0 Å². The van der Waals surface area contributed by atoms with E-state index in [1.807, 2.05) is 41.5 Å². The lowest BCUT2D eigenvalue weighted by molar-refractivity contribution is 0.0380. The van der Waals surface area contributed by atoms with Crippen molar-refractivity contribution < 1.29 is 13.3 Å². The quantitative estimate of drug-likeness (QED) is 0.498. The van der Waals surface area contributed by atoms with E-state index in [9.17, 15) is 0 Å².